The second-order valence-electron chi connectivity index (χ2n) is 5.39. The molecule has 1 atom stereocenters. The molecule has 0 aromatic heterocycles. The van der Waals surface area contributed by atoms with Crippen LogP contribution in [0.2, 0.25) is 0 Å². The molecule has 0 bridgehead atoms. The van der Waals surface area contributed by atoms with Gasteiger partial charge in [0.2, 0.25) is 5.91 Å². The first-order valence-electron chi connectivity index (χ1n) is 6.66. The number of hydrogen-bond donors (Lipinski definition) is 2. The summed E-state index contributed by atoms with van der Waals surface area (Å²) < 4.78 is 0. The third kappa shape index (κ3) is 2.56. The van der Waals surface area contributed by atoms with Crippen LogP contribution in [-0.4, -0.2) is 19.0 Å². The van der Waals surface area contributed by atoms with Crippen LogP contribution in [-0.2, 0) is 4.79 Å². The second kappa shape index (κ2) is 5.11. The molecule has 3 heteroatoms. The monoisotopic (exact) mass is 246 g/mol. The molecule has 3 nitrogen and oxygen atoms in total. The first-order chi connectivity index (χ1) is 8.55. The Morgan fingerprint density at radius 2 is 2.00 bits per heavy atom. The maximum absolute atomic E-state index is 12.4. The SMILES string of the molecule is CCC1(C(=O)Nc2cc(C)cc(C)c2)CCNC1. The Morgan fingerprint density at radius 1 is 1.33 bits per heavy atom. The fourth-order valence-electron chi connectivity index (χ4n) is 2.71. The fourth-order valence-corrected chi connectivity index (χ4v) is 2.71. The molecular formula is C15H22N2O. The second-order valence-corrected chi connectivity index (χ2v) is 5.39. The van der Waals surface area contributed by atoms with Crippen LogP contribution in [0.3, 0.4) is 0 Å². The summed E-state index contributed by atoms with van der Waals surface area (Å²) in [5.41, 5.74) is 3.05. The van der Waals surface area contributed by atoms with Crippen LogP contribution in [0.1, 0.15) is 30.9 Å². The highest BCUT2D eigenvalue weighted by atomic mass is 16.2. The van der Waals surface area contributed by atoms with Crippen LogP contribution in [0.4, 0.5) is 5.69 Å². The summed E-state index contributed by atoms with van der Waals surface area (Å²) in [7, 11) is 0. The van der Waals surface area contributed by atoms with Crippen molar-refractivity contribution in [3.05, 3.63) is 29.3 Å². The molecule has 1 saturated heterocycles. The highest BCUT2D eigenvalue weighted by Gasteiger charge is 2.39. The standard InChI is InChI=1S/C15H22N2O/c1-4-15(5-6-16-10-15)14(18)17-13-8-11(2)7-12(3)9-13/h7-9,16H,4-6,10H2,1-3H3,(H,17,18). The Hall–Kier alpha value is -1.35. The van der Waals surface area contributed by atoms with Gasteiger partial charge in [-0.25, -0.2) is 0 Å². The highest BCUT2D eigenvalue weighted by Crippen LogP contribution is 2.31. The van der Waals surface area contributed by atoms with Crippen molar-refractivity contribution >= 4 is 11.6 Å². The summed E-state index contributed by atoms with van der Waals surface area (Å²) in [6, 6.07) is 6.16. The van der Waals surface area contributed by atoms with Gasteiger partial charge in [0.1, 0.15) is 0 Å². The number of rotatable bonds is 3. The van der Waals surface area contributed by atoms with E-state index < -0.39 is 0 Å². The molecule has 1 fully saturated rings. The van der Waals surface area contributed by atoms with E-state index in [-0.39, 0.29) is 11.3 Å². The molecule has 0 saturated carbocycles. The van der Waals surface area contributed by atoms with E-state index in [0.29, 0.717) is 0 Å². The quantitative estimate of drug-likeness (QED) is 0.861. The summed E-state index contributed by atoms with van der Waals surface area (Å²) in [5, 5.41) is 6.37. The van der Waals surface area contributed by atoms with Crippen molar-refractivity contribution in [1.29, 1.82) is 0 Å². The van der Waals surface area contributed by atoms with Crippen LogP contribution in [0.5, 0.6) is 0 Å². The van der Waals surface area contributed by atoms with Gasteiger partial charge in [0.15, 0.2) is 0 Å². The number of amides is 1. The molecule has 18 heavy (non-hydrogen) atoms. The number of nitrogens with one attached hydrogen (secondary N) is 2. The van der Waals surface area contributed by atoms with Crippen LogP contribution in [0, 0.1) is 19.3 Å². The van der Waals surface area contributed by atoms with E-state index in [4.69, 9.17) is 0 Å². The molecule has 1 aromatic rings. The lowest BCUT2D eigenvalue weighted by atomic mass is 9.83. The summed E-state index contributed by atoms with van der Waals surface area (Å²) in [5.74, 6) is 0.153. The number of aryl methyl sites for hydroxylation is 2. The van der Waals surface area contributed by atoms with Gasteiger partial charge in [-0.05, 0) is 56.5 Å². The minimum atomic E-state index is -0.225. The molecule has 1 aliphatic heterocycles. The highest BCUT2D eigenvalue weighted by molar-refractivity contribution is 5.95. The molecule has 2 N–H and O–H groups in total. The molecule has 1 unspecified atom stereocenters. The van der Waals surface area contributed by atoms with Crippen LogP contribution >= 0.6 is 0 Å². The maximum atomic E-state index is 12.4. The van der Waals surface area contributed by atoms with Crippen molar-refractivity contribution in [1.82, 2.24) is 5.32 Å². The average Bonchev–Trinajstić information content (AvgIpc) is 2.77. The van der Waals surface area contributed by atoms with Gasteiger partial charge in [-0.15, -0.1) is 0 Å². The smallest absolute Gasteiger partial charge is 0.231 e. The Morgan fingerprint density at radius 3 is 2.50 bits per heavy atom. The van der Waals surface area contributed by atoms with Crippen molar-refractivity contribution in [3.63, 3.8) is 0 Å². The zero-order valence-electron chi connectivity index (χ0n) is 11.5. The van der Waals surface area contributed by atoms with E-state index in [0.717, 1.165) is 31.6 Å². The Bertz CT molecular complexity index is 428. The van der Waals surface area contributed by atoms with E-state index in [1.54, 1.807) is 0 Å². The van der Waals surface area contributed by atoms with Gasteiger partial charge in [0.05, 0.1) is 5.41 Å². The molecule has 98 valence electrons. The Kier molecular flexibility index (Phi) is 3.71. The van der Waals surface area contributed by atoms with Gasteiger partial charge in [-0.2, -0.15) is 0 Å². The molecular weight excluding hydrogens is 224 g/mol. The summed E-state index contributed by atoms with van der Waals surface area (Å²) in [6.45, 7) is 7.92. The first-order valence-corrected chi connectivity index (χ1v) is 6.66. The van der Waals surface area contributed by atoms with Crippen LogP contribution in [0.25, 0.3) is 0 Å². The van der Waals surface area contributed by atoms with Crippen molar-refractivity contribution in [3.8, 4) is 0 Å². The van der Waals surface area contributed by atoms with Crippen molar-refractivity contribution in [2.75, 3.05) is 18.4 Å². The number of hydrogen-bond acceptors (Lipinski definition) is 2. The van der Waals surface area contributed by atoms with E-state index >= 15 is 0 Å². The molecule has 0 radical (unpaired) electrons. The number of benzene rings is 1. The van der Waals surface area contributed by atoms with Crippen molar-refractivity contribution in [2.24, 2.45) is 5.41 Å². The fraction of sp³-hybridized carbons (Fsp3) is 0.533. The molecule has 1 aliphatic rings. The minimum absolute atomic E-state index is 0.153. The summed E-state index contributed by atoms with van der Waals surface area (Å²) >= 11 is 0. The lowest BCUT2D eigenvalue weighted by Crippen LogP contribution is -2.37. The van der Waals surface area contributed by atoms with E-state index in [2.05, 4.69) is 37.5 Å². The first kappa shape index (κ1) is 13.1. The summed E-state index contributed by atoms with van der Waals surface area (Å²) in [4.78, 5) is 12.4. The van der Waals surface area contributed by atoms with Crippen LogP contribution in [0.15, 0.2) is 18.2 Å². The van der Waals surface area contributed by atoms with Gasteiger partial charge in [-0.1, -0.05) is 13.0 Å². The zero-order valence-corrected chi connectivity index (χ0v) is 11.5. The van der Waals surface area contributed by atoms with Crippen molar-refractivity contribution in [2.45, 2.75) is 33.6 Å². The maximum Gasteiger partial charge on any atom is 0.231 e. The van der Waals surface area contributed by atoms with Gasteiger partial charge in [0, 0.05) is 12.2 Å². The number of carbonyl (C=O) groups excluding carboxylic acids is 1. The molecule has 2 rings (SSSR count). The summed E-state index contributed by atoms with van der Waals surface area (Å²) in [6.07, 6.45) is 1.82. The lowest BCUT2D eigenvalue weighted by molar-refractivity contribution is -0.124. The molecule has 1 heterocycles. The normalized spacial score (nSPS) is 23.1. The molecule has 1 aromatic carbocycles. The predicted molar refractivity (Wildman–Crippen MR) is 74.8 cm³/mol. The molecule has 0 aliphatic carbocycles. The zero-order chi connectivity index (χ0) is 13.2. The van der Waals surface area contributed by atoms with Gasteiger partial charge < -0.3 is 10.6 Å². The topological polar surface area (TPSA) is 41.1 Å². The predicted octanol–water partition coefficient (Wildman–Crippen LogP) is 2.63. The van der Waals surface area contributed by atoms with E-state index in [1.165, 1.54) is 11.1 Å². The lowest BCUT2D eigenvalue weighted by Gasteiger charge is -2.25. The third-order valence-corrected chi connectivity index (χ3v) is 3.88. The van der Waals surface area contributed by atoms with Gasteiger partial charge in [0.25, 0.3) is 0 Å². The molecule has 0 spiro atoms. The molecule has 1 amide bonds. The average molecular weight is 246 g/mol. The van der Waals surface area contributed by atoms with E-state index in [9.17, 15) is 4.79 Å². The Labute approximate surface area is 109 Å². The Balaban J connectivity index is 2.15. The van der Waals surface area contributed by atoms with E-state index in [1.807, 2.05) is 12.1 Å². The largest absolute Gasteiger partial charge is 0.326 e. The van der Waals surface area contributed by atoms with Gasteiger partial charge in [-0.3, -0.25) is 4.79 Å². The number of anilines is 1. The number of carbonyl (C=O) groups is 1. The van der Waals surface area contributed by atoms with Crippen LogP contribution < -0.4 is 10.6 Å². The van der Waals surface area contributed by atoms with Gasteiger partial charge >= 0.3 is 0 Å². The third-order valence-electron chi connectivity index (χ3n) is 3.88. The minimum Gasteiger partial charge on any atom is -0.326 e. The van der Waals surface area contributed by atoms with Crippen molar-refractivity contribution < 1.29 is 4.79 Å².